The fourth-order valence-corrected chi connectivity index (χ4v) is 3.29. The average molecular weight is 320 g/mol. The molecule has 0 fully saturated rings. The van der Waals surface area contributed by atoms with Gasteiger partial charge < -0.3 is 5.32 Å². The van der Waals surface area contributed by atoms with Crippen LogP contribution in [0.5, 0.6) is 0 Å². The van der Waals surface area contributed by atoms with Gasteiger partial charge in [0.2, 0.25) is 5.91 Å². The lowest BCUT2D eigenvalue weighted by molar-refractivity contribution is -0.116. The molecule has 3 rings (SSSR count). The van der Waals surface area contributed by atoms with Gasteiger partial charge in [-0.2, -0.15) is 5.10 Å². The van der Waals surface area contributed by atoms with Gasteiger partial charge in [0.25, 0.3) is 0 Å². The Labute approximate surface area is 119 Å². The number of fused-ring (bicyclic) bond motifs is 1. The van der Waals surface area contributed by atoms with Crippen molar-refractivity contribution in [3.63, 3.8) is 0 Å². The van der Waals surface area contributed by atoms with E-state index < -0.39 is 0 Å². The van der Waals surface area contributed by atoms with Crippen LogP contribution in [-0.2, 0) is 11.8 Å². The molecular formula is C14H14BrN3O. The largest absolute Gasteiger partial charge is 0.311 e. The highest BCUT2D eigenvalue weighted by atomic mass is 79.9. The quantitative estimate of drug-likeness (QED) is 0.878. The SMILES string of the molecule is Cc1nn(C)c2c1[C@@H](c1ccccc1Br)CC(=O)N2. The van der Waals surface area contributed by atoms with Crippen LogP contribution in [0, 0.1) is 6.92 Å². The Morgan fingerprint density at radius 1 is 1.42 bits per heavy atom. The molecule has 1 aromatic heterocycles. The van der Waals surface area contributed by atoms with Gasteiger partial charge >= 0.3 is 0 Å². The van der Waals surface area contributed by atoms with Crippen molar-refractivity contribution in [2.45, 2.75) is 19.3 Å². The van der Waals surface area contributed by atoms with Crippen LogP contribution in [0.1, 0.15) is 29.2 Å². The normalized spacial score (nSPS) is 18.1. The highest BCUT2D eigenvalue weighted by molar-refractivity contribution is 9.10. The van der Waals surface area contributed by atoms with Crippen molar-refractivity contribution in [1.82, 2.24) is 9.78 Å². The molecule has 0 spiro atoms. The second kappa shape index (κ2) is 4.49. The molecule has 4 nitrogen and oxygen atoms in total. The molecule has 0 radical (unpaired) electrons. The number of amides is 1. The summed E-state index contributed by atoms with van der Waals surface area (Å²) in [5.74, 6) is 0.916. The summed E-state index contributed by atoms with van der Waals surface area (Å²) >= 11 is 3.58. The Kier molecular flexibility index (Phi) is 2.93. The number of aryl methyl sites for hydroxylation is 2. The molecule has 0 saturated heterocycles. The molecule has 1 aliphatic heterocycles. The van der Waals surface area contributed by atoms with E-state index in [2.05, 4.69) is 32.4 Å². The maximum atomic E-state index is 11.9. The minimum absolute atomic E-state index is 0.0382. The lowest BCUT2D eigenvalue weighted by Crippen LogP contribution is -2.24. The molecule has 0 unspecified atom stereocenters. The monoisotopic (exact) mass is 319 g/mol. The van der Waals surface area contributed by atoms with Crippen LogP contribution < -0.4 is 5.32 Å². The number of hydrogen-bond acceptors (Lipinski definition) is 2. The van der Waals surface area contributed by atoms with Crippen LogP contribution in [0.25, 0.3) is 0 Å². The van der Waals surface area contributed by atoms with Crippen molar-refractivity contribution in [3.8, 4) is 0 Å². The molecule has 0 aliphatic carbocycles. The number of aromatic nitrogens is 2. The van der Waals surface area contributed by atoms with E-state index in [-0.39, 0.29) is 11.8 Å². The lowest BCUT2D eigenvalue weighted by Gasteiger charge is -2.24. The summed E-state index contributed by atoms with van der Waals surface area (Å²) in [4.78, 5) is 11.9. The van der Waals surface area contributed by atoms with Crippen LogP contribution in [0.4, 0.5) is 5.82 Å². The summed E-state index contributed by atoms with van der Waals surface area (Å²) in [6.07, 6.45) is 0.460. The van der Waals surface area contributed by atoms with Gasteiger partial charge in [-0.25, -0.2) is 0 Å². The minimum Gasteiger partial charge on any atom is -0.311 e. The van der Waals surface area contributed by atoms with Crippen LogP contribution in [0.2, 0.25) is 0 Å². The number of nitrogens with zero attached hydrogens (tertiary/aromatic N) is 2. The molecule has 2 heterocycles. The summed E-state index contributed by atoms with van der Waals surface area (Å²) in [6, 6.07) is 8.04. The van der Waals surface area contributed by atoms with E-state index in [1.807, 2.05) is 32.2 Å². The smallest absolute Gasteiger partial charge is 0.226 e. The van der Waals surface area contributed by atoms with Crippen molar-refractivity contribution in [1.29, 1.82) is 0 Å². The fourth-order valence-electron chi connectivity index (χ4n) is 2.73. The van der Waals surface area contributed by atoms with Crippen molar-refractivity contribution in [2.24, 2.45) is 7.05 Å². The molecule has 19 heavy (non-hydrogen) atoms. The number of hydrogen-bond donors (Lipinski definition) is 1. The molecule has 1 N–H and O–H groups in total. The van der Waals surface area contributed by atoms with Gasteiger partial charge in [0.05, 0.1) is 5.69 Å². The van der Waals surface area contributed by atoms with Crippen LogP contribution in [0.15, 0.2) is 28.7 Å². The summed E-state index contributed by atoms with van der Waals surface area (Å²) in [5.41, 5.74) is 3.22. The van der Waals surface area contributed by atoms with Gasteiger partial charge in [0.15, 0.2) is 0 Å². The Bertz CT molecular complexity index is 663. The third-order valence-corrected chi connectivity index (χ3v) is 4.27. The third kappa shape index (κ3) is 1.98. The van der Waals surface area contributed by atoms with Crippen molar-refractivity contribution >= 4 is 27.7 Å². The van der Waals surface area contributed by atoms with Gasteiger partial charge in [-0.05, 0) is 18.6 Å². The van der Waals surface area contributed by atoms with Gasteiger partial charge in [-0.15, -0.1) is 0 Å². The van der Waals surface area contributed by atoms with Crippen molar-refractivity contribution in [2.75, 3.05) is 5.32 Å². The number of nitrogens with one attached hydrogen (secondary N) is 1. The number of rotatable bonds is 1. The molecule has 1 aromatic carbocycles. The average Bonchev–Trinajstić information content (AvgIpc) is 2.65. The van der Waals surface area contributed by atoms with Gasteiger partial charge in [0.1, 0.15) is 5.82 Å². The molecule has 1 aliphatic rings. The van der Waals surface area contributed by atoms with Gasteiger partial charge in [-0.1, -0.05) is 34.1 Å². The summed E-state index contributed by atoms with van der Waals surface area (Å²) in [7, 11) is 1.86. The van der Waals surface area contributed by atoms with Crippen LogP contribution >= 0.6 is 15.9 Å². The minimum atomic E-state index is 0.0382. The number of anilines is 1. The second-order valence-corrected chi connectivity index (χ2v) is 5.65. The maximum absolute atomic E-state index is 11.9. The Morgan fingerprint density at radius 3 is 2.89 bits per heavy atom. The van der Waals surface area contributed by atoms with Gasteiger partial charge in [-0.3, -0.25) is 9.48 Å². The molecule has 98 valence electrons. The molecule has 2 aromatic rings. The standard InChI is InChI=1S/C14H14BrN3O/c1-8-13-10(9-5-3-4-6-11(9)15)7-12(19)16-14(13)18(2)17-8/h3-6,10H,7H2,1-2H3,(H,16,19)/t10-/m1/s1. The number of carbonyl (C=O) groups is 1. The highest BCUT2D eigenvalue weighted by Crippen LogP contribution is 2.41. The first-order chi connectivity index (χ1) is 9.08. The van der Waals surface area contributed by atoms with Crippen molar-refractivity contribution < 1.29 is 4.79 Å². The third-order valence-electron chi connectivity index (χ3n) is 3.54. The van der Waals surface area contributed by atoms with E-state index in [4.69, 9.17) is 0 Å². The van der Waals surface area contributed by atoms with Gasteiger partial charge in [0, 0.05) is 29.4 Å². The summed E-state index contributed by atoms with van der Waals surface area (Å²) < 4.78 is 2.77. The number of benzene rings is 1. The van der Waals surface area contributed by atoms with Crippen molar-refractivity contribution in [3.05, 3.63) is 45.6 Å². The highest BCUT2D eigenvalue weighted by Gasteiger charge is 2.32. The van der Waals surface area contributed by atoms with E-state index >= 15 is 0 Å². The summed E-state index contributed by atoms with van der Waals surface area (Å²) in [6.45, 7) is 1.99. The predicted octanol–water partition coefficient (Wildman–Crippen LogP) is 2.97. The fraction of sp³-hybridized carbons (Fsp3) is 0.286. The zero-order valence-electron chi connectivity index (χ0n) is 10.8. The molecule has 1 atom stereocenters. The van der Waals surface area contributed by atoms with E-state index in [1.165, 1.54) is 0 Å². The summed E-state index contributed by atoms with van der Waals surface area (Å²) in [5, 5.41) is 7.33. The van der Waals surface area contributed by atoms with E-state index in [0.29, 0.717) is 6.42 Å². The van der Waals surface area contributed by atoms with E-state index in [1.54, 1.807) is 4.68 Å². The zero-order chi connectivity index (χ0) is 13.6. The predicted molar refractivity (Wildman–Crippen MR) is 77.2 cm³/mol. The first-order valence-electron chi connectivity index (χ1n) is 6.15. The number of carbonyl (C=O) groups excluding carboxylic acids is 1. The molecule has 1 amide bonds. The van der Waals surface area contributed by atoms with E-state index in [9.17, 15) is 4.79 Å². The molecule has 5 heteroatoms. The first-order valence-corrected chi connectivity index (χ1v) is 6.95. The lowest BCUT2D eigenvalue weighted by atomic mass is 9.86. The Morgan fingerprint density at radius 2 is 2.16 bits per heavy atom. The van der Waals surface area contributed by atoms with Crippen LogP contribution in [-0.4, -0.2) is 15.7 Å². The number of halogens is 1. The topological polar surface area (TPSA) is 46.9 Å². The molecule has 0 bridgehead atoms. The first kappa shape index (κ1) is 12.4. The second-order valence-electron chi connectivity index (χ2n) is 4.80. The van der Waals surface area contributed by atoms with E-state index in [0.717, 1.165) is 27.1 Å². The maximum Gasteiger partial charge on any atom is 0.226 e. The van der Waals surface area contributed by atoms with Crippen LogP contribution in [0.3, 0.4) is 0 Å². The molecule has 0 saturated carbocycles. The Hall–Kier alpha value is -1.62. The zero-order valence-corrected chi connectivity index (χ0v) is 12.4. The Balaban J connectivity index is 2.19. The molecular weight excluding hydrogens is 306 g/mol.